The number of nitro groups is 1. The summed E-state index contributed by atoms with van der Waals surface area (Å²) in [5, 5.41) is 11.3. The van der Waals surface area contributed by atoms with Gasteiger partial charge >= 0.3 is 5.69 Å². The quantitative estimate of drug-likeness (QED) is 0.482. The topological polar surface area (TPSA) is 61.6 Å². The van der Waals surface area contributed by atoms with Gasteiger partial charge in [0.15, 0.2) is 5.75 Å². The van der Waals surface area contributed by atoms with E-state index in [1.165, 1.54) is 12.7 Å². The Morgan fingerprint density at radius 1 is 0.920 bits per heavy atom. The fraction of sp³-hybridized carbons (Fsp3) is 0.400. The second-order valence-corrected chi connectivity index (χ2v) is 5.99. The Labute approximate surface area is 148 Å². The highest BCUT2D eigenvalue weighted by Gasteiger charge is 2.25. The maximum Gasteiger partial charge on any atom is 0.311 e. The van der Waals surface area contributed by atoms with Crippen LogP contribution < -0.4 is 9.47 Å². The van der Waals surface area contributed by atoms with Gasteiger partial charge in [-0.3, -0.25) is 10.1 Å². The summed E-state index contributed by atoms with van der Waals surface area (Å²) in [6, 6.07) is 13.4. The number of nitro benzene ring substituents is 1. The summed E-state index contributed by atoms with van der Waals surface area (Å²) in [7, 11) is 3.10. The summed E-state index contributed by atoms with van der Waals surface area (Å²) in [6.45, 7) is 4.27. The van der Waals surface area contributed by atoms with Gasteiger partial charge in [0, 0.05) is 6.07 Å². The van der Waals surface area contributed by atoms with E-state index in [-0.39, 0.29) is 22.4 Å². The molecule has 0 fully saturated rings. The first kappa shape index (κ1) is 18.8. The lowest BCUT2D eigenvalue weighted by molar-refractivity contribution is -0.385. The molecule has 0 amide bonds. The molecule has 2 aromatic rings. The Kier molecular flexibility index (Phi) is 6.39. The molecule has 0 unspecified atom stereocenters. The van der Waals surface area contributed by atoms with Crippen molar-refractivity contribution in [2.75, 3.05) is 14.2 Å². The Morgan fingerprint density at radius 2 is 1.48 bits per heavy atom. The van der Waals surface area contributed by atoms with Gasteiger partial charge in [0.2, 0.25) is 0 Å². The van der Waals surface area contributed by atoms with E-state index in [0.717, 1.165) is 24.2 Å². The minimum absolute atomic E-state index is 0.0167. The van der Waals surface area contributed by atoms with Crippen LogP contribution in [0.15, 0.2) is 42.5 Å². The van der Waals surface area contributed by atoms with E-state index in [9.17, 15) is 10.1 Å². The first-order chi connectivity index (χ1) is 12.0. The molecule has 2 rings (SSSR count). The van der Waals surface area contributed by atoms with Gasteiger partial charge in [0.05, 0.1) is 19.1 Å². The molecular weight excluding hydrogens is 318 g/mol. The van der Waals surface area contributed by atoms with Crippen molar-refractivity contribution >= 4 is 5.69 Å². The zero-order valence-corrected chi connectivity index (χ0v) is 15.2. The first-order valence-electron chi connectivity index (χ1n) is 8.51. The average Bonchev–Trinajstić information content (AvgIpc) is 2.65. The van der Waals surface area contributed by atoms with E-state index in [1.54, 1.807) is 19.2 Å². The molecule has 0 radical (unpaired) electrons. The summed E-state index contributed by atoms with van der Waals surface area (Å²) >= 11 is 0. The van der Waals surface area contributed by atoms with Gasteiger partial charge in [-0.25, -0.2) is 0 Å². The Balaban J connectivity index is 2.41. The normalized spacial score (nSPS) is 13.1. The Bertz CT molecular complexity index is 712. The van der Waals surface area contributed by atoms with Crippen LogP contribution in [-0.4, -0.2) is 19.1 Å². The maximum absolute atomic E-state index is 11.3. The lowest BCUT2D eigenvalue weighted by Crippen LogP contribution is -2.11. The zero-order chi connectivity index (χ0) is 18.4. The summed E-state index contributed by atoms with van der Waals surface area (Å²) in [4.78, 5) is 10.9. The van der Waals surface area contributed by atoms with E-state index in [2.05, 4.69) is 26.0 Å². The van der Waals surface area contributed by atoms with Crippen LogP contribution in [-0.2, 0) is 0 Å². The van der Waals surface area contributed by atoms with Crippen LogP contribution in [0, 0.1) is 10.1 Å². The minimum atomic E-state index is -0.386. The van der Waals surface area contributed by atoms with E-state index in [1.807, 2.05) is 18.2 Å². The number of benzene rings is 2. The minimum Gasteiger partial charge on any atom is -0.497 e. The van der Waals surface area contributed by atoms with Crippen LogP contribution in [0.2, 0.25) is 0 Å². The van der Waals surface area contributed by atoms with Crippen molar-refractivity contribution in [3.8, 4) is 11.5 Å². The molecule has 5 heteroatoms. The number of rotatable bonds is 8. The number of hydrogen-bond donors (Lipinski definition) is 0. The SMILES string of the molecule is CC[C@H](c1ccc(OC)cc1)[C@@H](CC)c1ccc(OC)c([N+](=O)[O-])c1. The highest BCUT2D eigenvalue weighted by molar-refractivity contribution is 5.50. The van der Waals surface area contributed by atoms with Gasteiger partial charge in [0.25, 0.3) is 0 Å². The molecule has 0 aromatic heterocycles. The molecule has 5 nitrogen and oxygen atoms in total. The van der Waals surface area contributed by atoms with Crippen molar-refractivity contribution in [1.29, 1.82) is 0 Å². The zero-order valence-electron chi connectivity index (χ0n) is 15.2. The van der Waals surface area contributed by atoms with Crippen LogP contribution in [0.4, 0.5) is 5.69 Å². The fourth-order valence-electron chi connectivity index (χ4n) is 3.44. The summed E-state index contributed by atoms with van der Waals surface area (Å²) in [6.07, 6.45) is 1.85. The van der Waals surface area contributed by atoms with Crippen molar-refractivity contribution in [1.82, 2.24) is 0 Å². The van der Waals surface area contributed by atoms with Crippen LogP contribution in [0.5, 0.6) is 11.5 Å². The van der Waals surface area contributed by atoms with E-state index < -0.39 is 0 Å². The summed E-state index contributed by atoms with van der Waals surface area (Å²) in [5.41, 5.74) is 2.20. The van der Waals surface area contributed by atoms with Gasteiger partial charge in [-0.1, -0.05) is 32.0 Å². The molecule has 25 heavy (non-hydrogen) atoms. The van der Waals surface area contributed by atoms with Crippen LogP contribution in [0.1, 0.15) is 49.7 Å². The molecule has 0 heterocycles. The van der Waals surface area contributed by atoms with E-state index >= 15 is 0 Å². The predicted molar refractivity (Wildman–Crippen MR) is 98.7 cm³/mol. The Hall–Kier alpha value is -2.56. The smallest absolute Gasteiger partial charge is 0.311 e. The number of nitrogens with zero attached hydrogens (tertiary/aromatic N) is 1. The molecule has 2 aromatic carbocycles. The highest BCUT2D eigenvalue weighted by Crippen LogP contribution is 2.41. The number of ether oxygens (including phenoxy) is 2. The molecule has 0 N–H and O–H groups in total. The van der Waals surface area contributed by atoms with Crippen LogP contribution in [0.25, 0.3) is 0 Å². The number of methoxy groups -OCH3 is 2. The second-order valence-electron chi connectivity index (χ2n) is 5.99. The molecule has 0 saturated heterocycles. The van der Waals surface area contributed by atoms with Crippen molar-refractivity contribution in [2.45, 2.75) is 38.5 Å². The average molecular weight is 343 g/mol. The lowest BCUT2D eigenvalue weighted by Gasteiger charge is -2.26. The molecule has 0 aliphatic heterocycles. The molecule has 0 bridgehead atoms. The van der Waals surface area contributed by atoms with Gasteiger partial charge < -0.3 is 9.47 Å². The molecule has 2 atom stereocenters. The third-order valence-electron chi connectivity index (χ3n) is 4.74. The predicted octanol–water partition coefficient (Wildman–Crippen LogP) is 5.30. The maximum atomic E-state index is 11.3. The summed E-state index contributed by atoms with van der Waals surface area (Å²) < 4.78 is 10.3. The first-order valence-corrected chi connectivity index (χ1v) is 8.51. The fourth-order valence-corrected chi connectivity index (χ4v) is 3.44. The molecule has 0 aliphatic carbocycles. The van der Waals surface area contributed by atoms with Crippen molar-refractivity contribution in [3.63, 3.8) is 0 Å². The van der Waals surface area contributed by atoms with Gasteiger partial charge in [0.1, 0.15) is 5.75 Å². The largest absolute Gasteiger partial charge is 0.497 e. The summed E-state index contributed by atoms with van der Waals surface area (Å²) in [5.74, 6) is 1.60. The molecule has 0 aliphatic rings. The Morgan fingerprint density at radius 3 is 1.96 bits per heavy atom. The van der Waals surface area contributed by atoms with Crippen molar-refractivity contribution in [3.05, 3.63) is 63.7 Å². The van der Waals surface area contributed by atoms with E-state index in [4.69, 9.17) is 9.47 Å². The van der Waals surface area contributed by atoms with Crippen molar-refractivity contribution < 1.29 is 14.4 Å². The lowest BCUT2D eigenvalue weighted by atomic mass is 9.78. The standard InChI is InChI=1S/C20H25NO4/c1-5-17(14-7-10-16(24-3)11-8-14)18(6-2)15-9-12-20(25-4)19(13-15)21(22)23/h7-13,17-18H,5-6H2,1-4H3/t17-,18+/m1/s1. The monoisotopic (exact) mass is 343 g/mol. The van der Waals surface area contributed by atoms with Gasteiger partial charge in [-0.05, 0) is 54.0 Å². The van der Waals surface area contributed by atoms with Crippen molar-refractivity contribution in [2.24, 2.45) is 0 Å². The third kappa shape index (κ3) is 4.10. The van der Waals surface area contributed by atoms with Gasteiger partial charge in [-0.2, -0.15) is 0 Å². The second kappa shape index (κ2) is 8.51. The molecule has 0 saturated carbocycles. The van der Waals surface area contributed by atoms with Crippen LogP contribution >= 0.6 is 0 Å². The number of hydrogen-bond acceptors (Lipinski definition) is 4. The molecular formula is C20H25NO4. The van der Waals surface area contributed by atoms with Gasteiger partial charge in [-0.15, -0.1) is 0 Å². The third-order valence-corrected chi connectivity index (χ3v) is 4.74. The molecule has 0 spiro atoms. The van der Waals surface area contributed by atoms with E-state index in [0.29, 0.717) is 5.75 Å². The molecule has 134 valence electrons. The van der Waals surface area contributed by atoms with Crippen LogP contribution in [0.3, 0.4) is 0 Å². The highest BCUT2D eigenvalue weighted by atomic mass is 16.6.